The number of carbonyl (C=O) groups is 1. The Morgan fingerprint density at radius 2 is 2.06 bits per heavy atom. The van der Waals surface area contributed by atoms with E-state index in [9.17, 15) is 9.59 Å². The Labute approximate surface area is 201 Å². The number of aryl methyl sites for hydroxylation is 1. The van der Waals surface area contributed by atoms with Crippen LogP contribution in [-0.2, 0) is 17.8 Å². The zero-order valence-electron chi connectivity index (χ0n) is 19.2. The van der Waals surface area contributed by atoms with Crippen LogP contribution in [0.5, 0.6) is 11.5 Å². The third-order valence-corrected chi connectivity index (χ3v) is 7.79. The van der Waals surface area contributed by atoms with Gasteiger partial charge >= 0.3 is 0 Å². The lowest BCUT2D eigenvalue weighted by atomic mass is 10.0. The van der Waals surface area contributed by atoms with Crippen molar-refractivity contribution in [1.29, 1.82) is 0 Å². The number of rotatable bonds is 8. The van der Waals surface area contributed by atoms with Gasteiger partial charge in [-0.1, -0.05) is 24.8 Å². The van der Waals surface area contributed by atoms with E-state index in [4.69, 9.17) is 14.5 Å². The molecule has 0 spiro atoms. The fourth-order valence-electron chi connectivity index (χ4n) is 4.14. The Morgan fingerprint density at radius 3 is 2.82 bits per heavy atom. The van der Waals surface area contributed by atoms with Gasteiger partial charge in [0.2, 0.25) is 5.91 Å². The highest BCUT2D eigenvalue weighted by atomic mass is 32.2. The second-order valence-electron chi connectivity index (χ2n) is 8.30. The molecule has 1 fully saturated rings. The van der Waals surface area contributed by atoms with Gasteiger partial charge in [0.05, 0.1) is 25.5 Å². The summed E-state index contributed by atoms with van der Waals surface area (Å²) in [6.45, 7) is 4.27. The molecule has 0 unspecified atom stereocenters. The van der Waals surface area contributed by atoms with Crippen molar-refractivity contribution in [2.75, 3.05) is 33.1 Å². The van der Waals surface area contributed by atoms with E-state index in [2.05, 4.69) is 6.92 Å². The Hall–Kier alpha value is -2.52. The number of thiophene rings is 1. The molecule has 3 aromatic rings. The van der Waals surface area contributed by atoms with E-state index in [0.717, 1.165) is 25.1 Å². The zero-order valence-corrected chi connectivity index (χ0v) is 20.8. The first kappa shape index (κ1) is 23.6. The van der Waals surface area contributed by atoms with Crippen LogP contribution in [-0.4, -0.2) is 53.4 Å². The fraction of sp³-hybridized carbons (Fsp3) is 0.458. The van der Waals surface area contributed by atoms with Crippen LogP contribution in [0.3, 0.4) is 0 Å². The summed E-state index contributed by atoms with van der Waals surface area (Å²) in [7, 11) is 3.21. The van der Waals surface area contributed by atoms with Crippen LogP contribution in [0.4, 0.5) is 0 Å². The predicted octanol–water partition coefficient (Wildman–Crippen LogP) is 4.07. The van der Waals surface area contributed by atoms with E-state index < -0.39 is 0 Å². The maximum Gasteiger partial charge on any atom is 0.272 e. The molecular weight excluding hydrogens is 458 g/mol. The summed E-state index contributed by atoms with van der Waals surface area (Å²) in [4.78, 5) is 32.7. The number of thioether (sulfide) groups is 1. The monoisotopic (exact) mass is 487 g/mol. The summed E-state index contributed by atoms with van der Waals surface area (Å²) in [6, 6.07) is 7.62. The standard InChI is InChI=1S/C24H29N3O4S2/c1-16-5-4-10-26(14-16)21(28)15-33-24-25-18-9-12-32-22(18)23(29)27(24)11-8-17-6-7-19(30-2)20(13-17)31-3/h6-7,9,12-13,16H,4-5,8,10-11,14-15H2,1-3H3/t16-/m0/s1. The molecule has 7 nitrogen and oxygen atoms in total. The summed E-state index contributed by atoms with van der Waals surface area (Å²) in [5.74, 6) is 2.25. The van der Waals surface area contributed by atoms with Gasteiger partial charge in [-0.25, -0.2) is 4.98 Å². The molecule has 1 aliphatic rings. The number of hydrogen-bond donors (Lipinski definition) is 0. The van der Waals surface area contributed by atoms with Crippen molar-refractivity contribution < 1.29 is 14.3 Å². The highest BCUT2D eigenvalue weighted by molar-refractivity contribution is 7.99. The molecule has 1 atom stereocenters. The normalized spacial score (nSPS) is 16.2. The third kappa shape index (κ3) is 5.35. The van der Waals surface area contributed by atoms with Crippen LogP contribution >= 0.6 is 23.1 Å². The minimum atomic E-state index is -0.0583. The average Bonchev–Trinajstić information content (AvgIpc) is 3.30. The van der Waals surface area contributed by atoms with Gasteiger partial charge in [0.15, 0.2) is 16.7 Å². The van der Waals surface area contributed by atoms with Gasteiger partial charge in [-0.15, -0.1) is 11.3 Å². The van der Waals surface area contributed by atoms with Crippen LogP contribution in [0, 0.1) is 5.92 Å². The number of amides is 1. The number of fused-ring (bicyclic) bond motifs is 1. The van der Waals surface area contributed by atoms with Crippen molar-refractivity contribution in [3.05, 3.63) is 45.6 Å². The molecule has 1 saturated heterocycles. The molecule has 1 aromatic carbocycles. The van der Waals surface area contributed by atoms with Crippen LogP contribution in [0.1, 0.15) is 25.3 Å². The highest BCUT2D eigenvalue weighted by Gasteiger charge is 2.22. The van der Waals surface area contributed by atoms with Crippen LogP contribution in [0.25, 0.3) is 10.2 Å². The molecule has 3 heterocycles. The van der Waals surface area contributed by atoms with E-state index in [0.29, 0.717) is 45.8 Å². The molecule has 2 aromatic heterocycles. The number of methoxy groups -OCH3 is 2. The predicted molar refractivity (Wildman–Crippen MR) is 133 cm³/mol. The Bertz CT molecular complexity index is 1190. The van der Waals surface area contributed by atoms with Crippen molar-refractivity contribution in [1.82, 2.24) is 14.5 Å². The maximum atomic E-state index is 13.2. The zero-order chi connectivity index (χ0) is 23.4. The first-order valence-electron chi connectivity index (χ1n) is 11.1. The van der Waals surface area contributed by atoms with Crippen molar-refractivity contribution in [3.8, 4) is 11.5 Å². The topological polar surface area (TPSA) is 73.7 Å². The van der Waals surface area contributed by atoms with Gasteiger partial charge in [0.1, 0.15) is 4.70 Å². The Morgan fingerprint density at radius 1 is 1.24 bits per heavy atom. The van der Waals surface area contributed by atoms with Gasteiger partial charge < -0.3 is 14.4 Å². The minimum Gasteiger partial charge on any atom is -0.493 e. The molecule has 1 aliphatic heterocycles. The van der Waals surface area contributed by atoms with E-state index in [1.54, 1.807) is 18.8 Å². The van der Waals surface area contributed by atoms with E-state index in [-0.39, 0.29) is 17.2 Å². The molecule has 0 saturated carbocycles. The molecule has 0 bridgehead atoms. The average molecular weight is 488 g/mol. The quantitative estimate of drug-likeness (QED) is 0.352. The lowest BCUT2D eigenvalue weighted by Crippen LogP contribution is -2.40. The molecular formula is C24H29N3O4S2. The van der Waals surface area contributed by atoms with E-state index in [1.807, 2.05) is 34.5 Å². The molecule has 0 radical (unpaired) electrons. The second kappa shape index (κ2) is 10.6. The Kier molecular flexibility index (Phi) is 7.60. The largest absolute Gasteiger partial charge is 0.493 e. The summed E-state index contributed by atoms with van der Waals surface area (Å²) in [5, 5.41) is 2.47. The van der Waals surface area contributed by atoms with Gasteiger partial charge in [-0.05, 0) is 54.3 Å². The van der Waals surface area contributed by atoms with Gasteiger partial charge in [-0.2, -0.15) is 0 Å². The summed E-state index contributed by atoms with van der Waals surface area (Å²) >= 11 is 2.75. The molecule has 1 amide bonds. The molecule has 0 aliphatic carbocycles. The number of aromatic nitrogens is 2. The number of likely N-dealkylation sites (tertiary alicyclic amines) is 1. The van der Waals surface area contributed by atoms with Crippen LogP contribution in [0.15, 0.2) is 39.6 Å². The van der Waals surface area contributed by atoms with Crippen molar-refractivity contribution in [2.45, 2.75) is 37.9 Å². The first-order valence-corrected chi connectivity index (χ1v) is 13.0. The summed E-state index contributed by atoms with van der Waals surface area (Å²) in [6.07, 6.45) is 2.85. The third-order valence-electron chi connectivity index (χ3n) is 5.94. The maximum absolute atomic E-state index is 13.2. The van der Waals surface area contributed by atoms with Gasteiger partial charge in [0.25, 0.3) is 5.56 Å². The summed E-state index contributed by atoms with van der Waals surface area (Å²) < 4.78 is 13.1. The number of ether oxygens (including phenoxy) is 2. The number of hydrogen-bond acceptors (Lipinski definition) is 7. The number of benzene rings is 1. The van der Waals surface area contributed by atoms with Crippen molar-refractivity contribution in [3.63, 3.8) is 0 Å². The second-order valence-corrected chi connectivity index (χ2v) is 10.2. The van der Waals surface area contributed by atoms with Crippen molar-refractivity contribution >= 4 is 39.2 Å². The minimum absolute atomic E-state index is 0.0583. The number of carbonyl (C=O) groups excluding carboxylic acids is 1. The SMILES string of the molecule is COc1ccc(CCn2c(SCC(=O)N3CCC[C@H](C)C3)nc3ccsc3c2=O)cc1OC. The Balaban J connectivity index is 1.54. The lowest BCUT2D eigenvalue weighted by molar-refractivity contribution is -0.130. The summed E-state index contributed by atoms with van der Waals surface area (Å²) in [5.41, 5.74) is 1.66. The number of piperidine rings is 1. The van der Waals surface area contributed by atoms with Crippen molar-refractivity contribution in [2.24, 2.45) is 5.92 Å². The lowest BCUT2D eigenvalue weighted by Gasteiger charge is -2.30. The van der Waals surface area contributed by atoms with E-state index in [1.165, 1.54) is 29.5 Å². The van der Waals surface area contributed by atoms with Crippen LogP contribution < -0.4 is 15.0 Å². The van der Waals surface area contributed by atoms with Crippen LogP contribution in [0.2, 0.25) is 0 Å². The highest BCUT2D eigenvalue weighted by Crippen LogP contribution is 2.28. The smallest absolute Gasteiger partial charge is 0.272 e. The van der Waals surface area contributed by atoms with E-state index >= 15 is 0 Å². The van der Waals surface area contributed by atoms with Gasteiger partial charge in [0, 0.05) is 19.6 Å². The molecule has 176 valence electrons. The first-order chi connectivity index (χ1) is 16.0. The molecule has 33 heavy (non-hydrogen) atoms. The molecule has 0 N–H and O–H groups in total. The molecule has 4 rings (SSSR count). The van der Waals surface area contributed by atoms with Gasteiger partial charge in [-0.3, -0.25) is 14.2 Å². The number of nitrogens with zero attached hydrogens (tertiary/aromatic N) is 3. The molecule has 9 heteroatoms. The fourth-order valence-corrected chi connectivity index (χ4v) is 5.85.